The zero-order valence-corrected chi connectivity index (χ0v) is 12.2. The first kappa shape index (κ1) is 15.4. The van der Waals surface area contributed by atoms with Gasteiger partial charge < -0.3 is 10.1 Å². The Morgan fingerprint density at radius 1 is 1.00 bits per heavy atom. The van der Waals surface area contributed by atoms with E-state index in [4.69, 9.17) is 4.74 Å². The van der Waals surface area contributed by atoms with Crippen molar-refractivity contribution in [2.75, 3.05) is 0 Å². The number of hydrogen-bond donors (Lipinski definition) is 1. The van der Waals surface area contributed by atoms with Crippen molar-refractivity contribution >= 4 is 0 Å². The summed E-state index contributed by atoms with van der Waals surface area (Å²) in [4.78, 5) is 0. The lowest BCUT2D eigenvalue weighted by atomic mass is 10.1. The second-order valence-corrected chi connectivity index (χ2v) is 5.20. The van der Waals surface area contributed by atoms with Gasteiger partial charge in [-0.25, -0.2) is 8.78 Å². The Kier molecular flexibility index (Phi) is 5.28. The first-order valence-electron chi connectivity index (χ1n) is 6.93. The van der Waals surface area contributed by atoms with E-state index in [0.717, 1.165) is 23.7 Å². The van der Waals surface area contributed by atoms with Crippen LogP contribution in [-0.4, -0.2) is 6.04 Å². The summed E-state index contributed by atoms with van der Waals surface area (Å²) in [6.45, 7) is 5.16. The molecule has 0 spiro atoms. The Labute approximate surface area is 123 Å². The van der Waals surface area contributed by atoms with Crippen molar-refractivity contribution in [2.24, 2.45) is 0 Å². The lowest BCUT2D eigenvalue weighted by Crippen LogP contribution is -2.22. The summed E-state index contributed by atoms with van der Waals surface area (Å²) < 4.78 is 31.7. The highest BCUT2D eigenvalue weighted by Crippen LogP contribution is 2.18. The van der Waals surface area contributed by atoms with Crippen molar-refractivity contribution in [1.82, 2.24) is 5.32 Å². The maximum absolute atomic E-state index is 13.1. The van der Waals surface area contributed by atoms with Gasteiger partial charge in [0.25, 0.3) is 0 Å². The van der Waals surface area contributed by atoms with E-state index in [9.17, 15) is 8.78 Å². The average Bonchev–Trinajstić information content (AvgIpc) is 2.42. The smallest absolute Gasteiger partial charge is 0.129 e. The molecular weight excluding hydrogens is 272 g/mol. The molecule has 2 aromatic carbocycles. The molecule has 21 heavy (non-hydrogen) atoms. The lowest BCUT2D eigenvalue weighted by Gasteiger charge is -2.13. The van der Waals surface area contributed by atoms with Gasteiger partial charge in [0.1, 0.15) is 24.0 Å². The molecule has 0 aromatic heterocycles. The van der Waals surface area contributed by atoms with Gasteiger partial charge in [-0.3, -0.25) is 0 Å². The van der Waals surface area contributed by atoms with Gasteiger partial charge in [-0.2, -0.15) is 0 Å². The molecule has 0 fully saturated rings. The van der Waals surface area contributed by atoms with Gasteiger partial charge in [-0.1, -0.05) is 38.1 Å². The summed E-state index contributed by atoms with van der Waals surface area (Å²) >= 11 is 0. The van der Waals surface area contributed by atoms with Gasteiger partial charge in [0.2, 0.25) is 0 Å². The molecule has 2 aromatic rings. The number of nitrogens with one attached hydrogen (secondary N) is 1. The Bertz CT molecular complexity index is 579. The SMILES string of the molecule is CC(C)NCc1ccccc1COc1cc(F)cc(F)c1. The normalized spacial score (nSPS) is 10.9. The molecule has 0 aliphatic heterocycles. The Morgan fingerprint density at radius 2 is 1.62 bits per heavy atom. The van der Waals surface area contributed by atoms with Crippen molar-refractivity contribution in [3.05, 3.63) is 65.2 Å². The summed E-state index contributed by atoms with van der Waals surface area (Å²) in [5.41, 5.74) is 2.11. The van der Waals surface area contributed by atoms with E-state index >= 15 is 0 Å². The Balaban J connectivity index is 2.05. The highest BCUT2D eigenvalue weighted by molar-refractivity contribution is 5.28. The average molecular weight is 291 g/mol. The van der Waals surface area contributed by atoms with Gasteiger partial charge in [-0.05, 0) is 11.1 Å². The predicted octanol–water partition coefficient (Wildman–Crippen LogP) is 4.04. The van der Waals surface area contributed by atoms with Crippen molar-refractivity contribution in [3.8, 4) is 5.75 Å². The molecule has 0 unspecified atom stereocenters. The van der Waals surface area contributed by atoms with E-state index in [1.807, 2.05) is 24.3 Å². The quantitative estimate of drug-likeness (QED) is 0.867. The fourth-order valence-corrected chi connectivity index (χ4v) is 1.96. The van der Waals surface area contributed by atoms with Crippen LogP contribution in [0.3, 0.4) is 0 Å². The van der Waals surface area contributed by atoms with Crippen LogP contribution in [0.4, 0.5) is 8.78 Å². The van der Waals surface area contributed by atoms with Crippen LogP contribution in [0.5, 0.6) is 5.75 Å². The molecule has 0 heterocycles. The van der Waals surface area contributed by atoms with Gasteiger partial charge in [0.05, 0.1) is 0 Å². The zero-order chi connectivity index (χ0) is 15.2. The molecule has 0 amide bonds. The van der Waals surface area contributed by atoms with Crippen LogP contribution in [0.2, 0.25) is 0 Å². The maximum Gasteiger partial charge on any atom is 0.129 e. The molecule has 0 aliphatic rings. The minimum atomic E-state index is -0.639. The second-order valence-electron chi connectivity index (χ2n) is 5.20. The molecule has 0 radical (unpaired) electrons. The third-order valence-electron chi connectivity index (χ3n) is 3.05. The standard InChI is InChI=1S/C17H19F2NO/c1-12(2)20-10-13-5-3-4-6-14(13)11-21-17-8-15(18)7-16(19)9-17/h3-9,12,20H,10-11H2,1-2H3. The molecule has 2 rings (SSSR count). The first-order chi connectivity index (χ1) is 10.0. The molecule has 0 atom stereocenters. The van der Waals surface area contributed by atoms with Crippen LogP contribution in [0, 0.1) is 11.6 Å². The number of halogens is 2. The van der Waals surface area contributed by atoms with Crippen molar-refractivity contribution in [2.45, 2.75) is 33.0 Å². The third-order valence-corrected chi connectivity index (χ3v) is 3.05. The van der Waals surface area contributed by atoms with E-state index in [1.54, 1.807) is 0 Å². The van der Waals surface area contributed by atoms with Gasteiger partial charge in [-0.15, -0.1) is 0 Å². The molecule has 1 N–H and O–H groups in total. The van der Waals surface area contributed by atoms with E-state index < -0.39 is 11.6 Å². The summed E-state index contributed by atoms with van der Waals surface area (Å²) in [6.07, 6.45) is 0. The topological polar surface area (TPSA) is 21.3 Å². The molecule has 0 bridgehead atoms. The number of ether oxygens (including phenoxy) is 1. The van der Waals surface area contributed by atoms with Gasteiger partial charge in [0, 0.05) is 30.8 Å². The minimum Gasteiger partial charge on any atom is -0.489 e. The highest BCUT2D eigenvalue weighted by Gasteiger charge is 2.05. The fraction of sp³-hybridized carbons (Fsp3) is 0.294. The van der Waals surface area contributed by atoms with E-state index in [2.05, 4.69) is 19.2 Å². The molecule has 0 saturated heterocycles. The summed E-state index contributed by atoms with van der Waals surface area (Å²) in [6, 6.07) is 11.4. The molecule has 112 valence electrons. The predicted molar refractivity (Wildman–Crippen MR) is 79.1 cm³/mol. The second kappa shape index (κ2) is 7.18. The van der Waals surface area contributed by atoms with Crippen LogP contribution in [0.25, 0.3) is 0 Å². The van der Waals surface area contributed by atoms with Crippen LogP contribution >= 0.6 is 0 Å². The van der Waals surface area contributed by atoms with E-state index in [1.165, 1.54) is 12.1 Å². The van der Waals surface area contributed by atoms with Crippen molar-refractivity contribution in [1.29, 1.82) is 0 Å². The van der Waals surface area contributed by atoms with E-state index in [-0.39, 0.29) is 12.4 Å². The summed E-state index contributed by atoms with van der Waals surface area (Å²) in [7, 11) is 0. The van der Waals surface area contributed by atoms with E-state index in [0.29, 0.717) is 6.04 Å². The Hall–Kier alpha value is -1.94. The molecule has 2 nitrogen and oxygen atoms in total. The van der Waals surface area contributed by atoms with Gasteiger partial charge >= 0.3 is 0 Å². The molecule has 0 aliphatic carbocycles. The molecule has 0 saturated carbocycles. The van der Waals surface area contributed by atoms with Crippen molar-refractivity contribution in [3.63, 3.8) is 0 Å². The number of hydrogen-bond acceptors (Lipinski definition) is 2. The monoisotopic (exact) mass is 291 g/mol. The summed E-state index contributed by atoms with van der Waals surface area (Å²) in [5.74, 6) is -1.08. The van der Waals surface area contributed by atoms with Crippen LogP contribution in [-0.2, 0) is 13.2 Å². The summed E-state index contributed by atoms with van der Waals surface area (Å²) in [5, 5.41) is 3.34. The lowest BCUT2D eigenvalue weighted by molar-refractivity contribution is 0.301. The molecular formula is C17H19F2NO. The van der Waals surface area contributed by atoms with Crippen LogP contribution < -0.4 is 10.1 Å². The highest BCUT2D eigenvalue weighted by atomic mass is 19.1. The zero-order valence-electron chi connectivity index (χ0n) is 12.2. The van der Waals surface area contributed by atoms with Crippen molar-refractivity contribution < 1.29 is 13.5 Å². The van der Waals surface area contributed by atoms with Crippen LogP contribution in [0.1, 0.15) is 25.0 Å². The van der Waals surface area contributed by atoms with Crippen LogP contribution in [0.15, 0.2) is 42.5 Å². The maximum atomic E-state index is 13.1. The Morgan fingerprint density at radius 3 is 2.24 bits per heavy atom. The fourth-order valence-electron chi connectivity index (χ4n) is 1.96. The first-order valence-corrected chi connectivity index (χ1v) is 6.93. The number of benzene rings is 2. The third kappa shape index (κ3) is 4.83. The number of rotatable bonds is 6. The molecule has 4 heteroatoms. The largest absolute Gasteiger partial charge is 0.489 e. The van der Waals surface area contributed by atoms with Gasteiger partial charge in [0.15, 0.2) is 0 Å². The minimum absolute atomic E-state index is 0.194.